The number of anilines is 1. The molecule has 0 saturated carbocycles. The van der Waals surface area contributed by atoms with E-state index in [0.29, 0.717) is 11.6 Å². The number of nitrogens with two attached hydrogens (primary N) is 1. The number of nitrogen functional groups attached to an aromatic ring is 1. The Balaban J connectivity index is 2.21. The van der Waals surface area contributed by atoms with Crippen LogP contribution in [0, 0.1) is 0 Å². The lowest BCUT2D eigenvalue weighted by Crippen LogP contribution is -2.09. The van der Waals surface area contributed by atoms with Crippen LogP contribution in [-0.4, -0.2) is 9.97 Å². The number of aryl methyl sites for hydroxylation is 1. The second kappa shape index (κ2) is 5.16. The molecule has 3 rings (SSSR count). The zero-order valence-corrected chi connectivity index (χ0v) is 13.3. The average Bonchev–Trinajstić information content (AvgIpc) is 3.02. The summed E-state index contributed by atoms with van der Waals surface area (Å²) in [5.41, 5.74) is 2.67. The van der Waals surface area contributed by atoms with Gasteiger partial charge in [-0.3, -0.25) is 0 Å². The minimum Gasteiger partial charge on any atom is -0.308 e. The minimum atomic E-state index is 0.681. The van der Waals surface area contributed by atoms with Crippen molar-refractivity contribution in [2.45, 2.75) is 13.3 Å². The lowest BCUT2D eigenvalue weighted by atomic mass is 10.3. The van der Waals surface area contributed by atoms with Gasteiger partial charge in [0.25, 0.3) is 0 Å². The fourth-order valence-corrected chi connectivity index (χ4v) is 4.09. The van der Waals surface area contributed by atoms with Gasteiger partial charge in [-0.1, -0.05) is 6.92 Å². The summed E-state index contributed by atoms with van der Waals surface area (Å²) in [5, 5.41) is 0.990. The predicted octanol–water partition coefficient (Wildman–Crippen LogP) is 4.03. The normalized spacial score (nSPS) is 11.1. The van der Waals surface area contributed by atoms with Crippen molar-refractivity contribution in [3.8, 4) is 10.7 Å². The zero-order chi connectivity index (χ0) is 13.4. The van der Waals surface area contributed by atoms with Gasteiger partial charge < -0.3 is 5.43 Å². The number of hydrazine groups is 1. The number of hydrogen-bond acceptors (Lipinski definition) is 6. The highest BCUT2D eigenvalue weighted by Gasteiger charge is 2.13. The molecule has 0 amide bonds. The van der Waals surface area contributed by atoms with Gasteiger partial charge in [-0.05, 0) is 40.5 Å². The van der Waals surface area contributed by atoms with Crippen LogP contribution in [-0.2, 0) is 6.42 Å². The molecular formula is C12H11BrN4S2. The van der Waals surface area contributed by atoms with Crippen LogP contribution in [0.4, 0.5) is 5.82 Å². The largest absolute Gasteiger partial charge is 0.308 e. The molecule has 0 aromatic carbocycles. The van der Waals surface area contributed by atoms with E-state index in [1.54, 1.807) is 22.7 Å². The maximum absolute atomic E-state index is 5.58. The fourth-order valence-electron chi connectivity index (χ4n) is 1.80. The Hall–Kier alpha value is -1.02. The standard InChI is InChI=1S/C12H11BrN4S2/c1-2-6-5-7-10(17-14)15-11(16-12(7)18-6)8-3-4-9(13)19-8/h3-5H,2,14H2,1H3,(H,15,16,17). The quantitative estimate of drug-likeness (QED) is 0.550. The first-order chi connectivity index (χ1) is 9.21. The number of nitrogens with one attached hydrogen (secondary N) is 1. The van der Waals surface area contributed by atoms with Gasteiger partial charge in [-0.25, -0.2) is 15.8 Å². The highest BCUT2D eigenvalue weighted by Crippen LogP contribution is 2.34. The molecule has 0 saturated heterocycles. The highest BCUT2D eigenvalue weighted by atomic mass is 79.9. The molecule has 0 unspecified atom stereocenters. The molecule has 4 nitrogen and oxygen atoms in total. The molecule has 98 valence electrons. The maximum atomic E-state index is 5.58. The summed E-state index contributed by atoms with van der Waals surface area (Å²) in [5.74, 6) is 6.97. The highest BCUT2D eigenvalue weighted by molar-refractivity contribution is 9.11. The van der Waals surface area contributed by atoms with Crippen LogP contribution in [0.15, 0.2) is 22.0 Å². The van der Waals surface area contributed by atoms with E-state index in [1.807, 2.05) is 12.1 Å². The first-order valence-corrected chi connectivity index (χ1v) is 8.16. The zero-order valence-electron chi connectivity index (χ0n) is 10.1. The SMILES string of the molecule is CCc1cc2c(NN)nc(-c3ccc(Br)s3)nc2s1. The van der Waals surface area contributed by atoms with Crippen LogP contribution in [0.2, 0.25) is 0 Å². The van der Waals surface area contributed by atoms with Gasteiger partial charge in [0.05, 0.1) is 14.0 Å². The van der Waals surface area contributed by atoms with Crippen molar-refractivity contribution in [3.63, 3.8) is 0 Å². The summed E-state index contributed by atoms with van der Waals surface area (Å²) in [6, 6.07) is 6.10. The number of aromatic nitrogens is 2. The molecule has 0 atom stereocenters. The molecule has 0 aliphatic carbocycles. The first-order valence-electron chi connectivity index (χ1n) is 5.74. The number of rotatable bonds is 3. The van der Waals surface area contributed by atoms with E-state index in [-0.39, 0.29) is 0 Å². The van der Waals surface area contributed by atoms with Crippen molar-refractivity contribution in [2.24, 2.45) is 5.84 Å². The third-order valence-electron chi connectivity index (χ3n) is 2.72. The Morgan fingerprint density at radius 1 is 1.32 bits per heavy atom. The van der Waals surface area contributed by atoms with Gasteiger partial charge >= 0.3 is 0 Å². The Kier molecular flexibility index (Phi) is 3.53. The Labute approximate surface area is 126 Å². The Bertz CT molecular complexity index is 734. The monoisotopic (exact) mass is 354 g/mol. The molecule has 3 aromatic rings. The van der Waals surface area contributed by atoms with Gasteiger partial charge in [-0.15, -0.1) is 22.7 Å². The molecule has 0 radical (unpaired) electrons. The summed E-state index contributed by atoms with van der Waals surface area (Å²) in [4.78, 5) is 12.4. The van der Waals surface area contributed by atoms with Gasteiger partial charge in [0, 0.05) is 4.88 Å². The van der Waals surface area contributed by atoms with Crippen LogP contribution in [0.25, 0.3) is 20.9 Å². The van der Waals surface area contributed by atoms with Crippen LogP contribution in [0.3, 0.4) is 0 Å². The van der Waals surface area contributed by atoms with Crippen LogP contribution < -0.4 is 11.3 Å². The smallest absolute Gasteiger partial charge is 0.173 e. The Morgan fingerprint density at radius 3 is 2.79 bits per heavy atom. The molecule has 0 aliphatic heterocycles. The number of nitrogens with zero attached hydrogens (tertiary/aromatic N) is 2. The molecule has 3 aromatic heterocycles. The molecule has 7 heteroatoms. The summed E-state index contributed by atoms with van der Waals surface area (Å²) in [6.45, 7) is 2.13. The summed E-state index contributed by atoms with van der Waals surface area (Å²) in [6.07, 6.45) is 0.991. The van der Waals surface area contributed by atoms with Gasteiger partial charge in [0.15, 0.2) is 11.6 Å². The molecule has 19 heavy (non-hydrogen) atoms. The third-order valence-corrected chi connectivity index (χ3v) is 5.52. The van der Waals surface area contributed by atoms with E-state index >= 15 is 0 Å². The van der Waals surface area contributed by atoms with Crippen molar-refractivity contribution in [3.05, 3.63) is 26.9 Å². The van der Waals surface area contributed by atoms with E-state index in [0.717, 1.165) is 25.3 Å². The van der Waals surface area contributed by atoms with E-state index in [9.17, 15) is 0 Å². The maximum Gasteiger partial charge on any atom is 0.173 e. The van der Waals surface area contributed by atoms with Crippen LogP contribution >= 0.6 is 38.6 Å². The first kappa shape index (κ1) is 13.0. The van der Waals surface area contributed by atoms with Crippen molar-refractivity contribution < 1.29 is 0 Å². The molecule has 0 aliphatic rings. The van der Waals surface area contributed by atoms with E-state index in [4.69, 9.17) is 5.84 Å². The number of fused-ring (bicyclic) bond motifs is 1. The molecule has 0 fully saturated rings. The third kappa shape index (κ3) is 2.38. The lowest BCUT2D eigenvalue weighted by Gasteiger charge is -2.03. The minimum absolute atomic E-state index is 0.681. The summed E-state index contributed by atoms with van der Waals surface area (Å²) < 4.78 is 1.06. The van der Waals surface area contributed by atoms with Crippen LogP contribution in [0.5, 0.6) is 0 Å². The molecule has 0 bridgehead atoms. The number of halogens is 1. The van der Waals surface area contributed by atoms with E-state index < -0.39 is 0 Å². The summed E-state index contributed by atoms with van der Waals surface area (Å²) in [7, 11) is 0. The number of hydrogen-bond donors (Lipinski definition) is 2. The van der Waals surface area contributed by atoms with Crippen LogP contribution in [0.1, 0.15) is 11.8 Å². The fraction of sp³-hybridized carbons (Fsp3) is 0.167. The second-order valence-electron chi connectivity index (χ2n) is 3.93. The Morgan fingerprint density at radius 2 is 2.16 bits per heavy atom. The molecule has 3 N–H and O–H groups in total. The molecule has 3 heterocycles. The van der Waals surface area contributed by atoms with Gasteiger partial charge in [0.1, 0.15) is 4.83 Å². The predicted molar refractivity (Wildman–Crippen MR) is 85.6 cm³/mol. The summed E-state index contributed by atoms with van der Waals surface area (Å²) >= 11 is 6.75. The van der Waals surface area contributed by atoms with Crippen molar-refractivity contribution in [1.82, 2.24) is 9.97 Å². The average molecular weight is 355 g/mol. The van der Waals surface area contributed by atoms with Gasteiger partial charge in [0.2, 0.25) is 0 Å². The molecule has 0 spiro atoms. The lowest BCUT2D eigenvalue weighted by molar-refractivity contribution is 1.18. The second-order valence-corrected chi connectivity index (χ2v) is 7.51. The molecular weight excluding hydrogens is 344 g/mol. The van der Waals surface area contributed by atoms with Crippen molar-refractivity contribution >= 4 is 54.6 Å². The van der Waals surface area contributed by atoms with E-state index in [2.05, 4.69) is 44.3 Å². The van der Waals surface area contributed by atoms with E-state index in [1.165, 1.54) is 4.88 Å². The topological polar surface area (TPSA) is 63.8 Å². The van der Waals surface area contributed by atoms with Crippen molar-refractivity contribution in [2.75, 3.05) is 5.43 Å². The van der Waals surface area contributed by atoms with Crippen molar-refractivity contribution in [1.29, 1.82) is 0 Å². The van der Waals surface area contributed by atoms with Gasteiger partial charge in [-0.2, -0.15) is 0 Å². The number of thiophene rings is 2.